The lowest BCUT2D eigenvalue weighted by molar-refractivity contribution is 0.300. The third-order valence-electron chi connectivity index (χ3n) is 2.27. The summed E-state index contributed by atoms with van der Waals surface area (Å²) < 4.78 is 7.46. The van der Waals surface area contributed by atoms with Crippen molar-refractivity contribution in [3.8, 4) is 5.75 Å². The lowest BCUT2D eigenvalue weighted by atomic mass is 10.3. The molecule has 4 nitrogen and oxygen atoms in total. The van der Waals surface area contributed by atoms with E-state index in [0.717, 1.165) is 18.7 Å². The standard InChI is InChI=1S/C12H15N3O/c13-11-5-1-2-6-12(11)16-10-4-9-15-8-3-7-14-15/h1-3,5-8H,4,9-10,13H2. The molecule has 16 heavy (non-hydrogen) atoms. The summed E-state index contributed by atoms with van der Waals surface area (Å²) in [5.74, 6) is 0.753. The summed E-state index contributed by atoms with van der Waals surface area (Å²) in [5.41, 5.74) is 6.44. The Labute approximate surface area is 94.6 Å². The van der Waals surface area contributed by atoms with Crippen LogP contribution in [0.4, 0.5) is 5.69 Å². The summed E-state index contributed by atoms with van der Waals surface area (Å²) in [7, 11) is 0. The Hall–Kier alpha value is -1.97. The molecule has 4 heteroatoms. The molecule has 0 unspecified atom stereocenters. The fourth-order valence-corrected chi connectivity index (χ4v) is 1.45. The van der Waals surface area contributed by atoms with Gasteiger partial charge in [0.2, 0.25) is 0 Å². The zero-order chi connectivity index (χ0) is 11.2. The first-order chi connectivity index (χ1) is 7.86. The van der Waals surface area contributed by atoms with Gasteiger partial charge in [-0.25, -0.2) is 0 Å². The van der Waals surface area contributed by atoms with Crippen molar-refractivity contribution in [1.82, 2.24) is 9.78 Å². The minimum absolute atomic E-state index is 0.647. The lowest BCUT2D eigenvalue weighted by Crippen LogP contribution is -2.05. The van der Waals surface area contributed by atoms with Gasteiger partial charge in [-0.2, -0.15) is 5.10 Å². The van der Waals surface area contributed by atoms with Crippen molar-refractivity contribution in [1.29, 1.82) is 0 Å². The fraction of sp³-hybridized carbons (Fsp3) is 0.250. The molecule has 0 spiro atoms. The highest BCUT2D eigenvalue weighted by atomic mass is 16.5. The second-order valence-corrected chi connectivity index (χ2v) is 3.51. The Morgan fingerprint density at radius 3 is 2.88 bits per heavy atom. The molecule has 0 bridgehead atoms. The molecule has 0 radical (unpaired) electrons. The predicted octanol–water partition coefficient (Wildman–Crippen LogP) is 1.93. The molecule has 0 saturated heterocycles. The maximum atomic E-state index is 5.75. The van der Waals surface area contributed by atoms with Crippen molar-refractivity contribution in [2.75, 3.05) is 12.3 Å². The van der Waals surface area contributed by atoms with Crippen molar-refractivity contribution in [2.24, 2.45) is 0 Å². The SMILES string of the molecule is Nc1ccccc1OCCCn1cccn1. The summed E-state index contributed by atoms with van der Waals surface area (Å²) in [6.07, 6.45) is 4.63. The van der Waals surface area contributed by atoms with Gasteiger partial charge < -0.3 is 10.5 Å². The molecule has 84 valence electrons. The Morgan fingerprint density at radius 1 is 1.25 bits per heavy atom. The summed E-state index contributed by atoms with van der Waals surface area (Å²) in [6, 6.07) is 9.44. The Morgan fingerprint density at radius 2 is 2.12 bits per heavy atom. The molecule has 0 saturated carbocycles. The van der Waals surface area contributed by atoms with E-state index < -0.39 is 0 Å². The van der Waals surface area contributed by atoms with E-state index in [0.29, 0.717) is 12.3 Å². The average Bonchev–Trinajstić information content (AvgIpc) is 2.79. The molecule has 1 aromatic carbocycles. The van der Waals surface area contributed by atoms with Crippen molar-refractivity contribution >= 4 is 5.69 Å². The molecule has 1 aromatic heterocycles. The summed E-state index contributed by atoms with van der Waals surface area (Å²) in [6.45, 7) is 1.51. The van der Waals surface area contributed by atoms with Crippen LogP contribution in [0, 0.1) is 0 Å². The zero-order valence-corrected chi connectivity index (χ0v) is 9.04. The van der Waals surface area contributed by atoms with Gasteiger partial charge >= 0.3 is 0 Å². The van der Waals surface area contributed by atoms with Gasteiger partial charge in [-0.1, -0.05) is 12.1 Å². The highest BCUT2D eigenvalue weighted by molar-refractivity contribution is 5.51. The molecule has 0 aliphatic carbocycles. The van der Waals surface area contributed by atoms with E-state index in [1.54, 1.807) is 6.20 Å². The number of nitrogens with zero attached hydrogens (tertiary/aromatic N) is 2. The smallest absolute Gasteiger partial charge is 0.142 e. The van der Waals surface area contributed by atoms with Crippen molar-refractivity contribution in [3.63, 3.8) is 0 Å². The Kier molecular flexibility index (Phi) is 3.43. The first kappa shape index (κ1) is 10.5. The molecule has 0 amide bonds. The maximum Gasteiger partial charge on any atom is 0.142 e. The number of anilines is 1. The zero-order valence-electron chi connectivity index (χ0n) is 9.04. The van der Waals surface area contributed by atoms with Gasteiger partial charge in [0.05, 0.1) is 12.3 Å². The van der Waals surface area contributed by atoms with Crippen LogP contribution >= 0.6 is 0 Å². The van der Waals surface area contributed by atoms with Crippen molar-refractivity contribution in [3.05, 3.63) is 42.7 Å². The minimum Gasteiger partial charge on any atom is -0.491 e. The highest BCUT2D eigenvalue weighted by Gasteiger charge is 1.98. The molecule has 2 N–H and O–H groups in total. The van der Waals surface area contributed by atoms with Gasteiger partial charge in [0, 0.05) is 25.4 Å². The van der Waals surface area contributed by atoms with E-state index in [1.807, 2.05) is 41.2 Å². The van der Waals surface area contributed by atoms with E-state index in [2.05, 4.69) is 5.10 Å². The first-order valence-electron chi connectivity index (χ1n) is 5.31. The van der Waals surface area contributed by atoms with Gasteiger partial charge in [-0.05, 0) is 18.2 Å². The second kappa shape index (κ2) is 5.21. The van der Waals surface area contributed by atoms with Gasteiger partial charge in [-0.15, -0.1) is 0 Å². The molecule has 2 rings (SSSR count). The number of hydrogen-bond acceptors (Lipinski definition) is 3. The van der Waals surface area contributed by atoms with E-state index in [-0.39, 0.29) is 0 Å². The molecular weight excluding hydrogens is 202 g/mol. The van der Waals surface area contributed by atoms with Gasteiger partial charge in [0.1, 0.15) is 5.75 Å². The molecule has 0 aliphatic heterocycles. The molecule has 0 aliphatic rings. The number of nitrogens with two attached hydrogens (primary N) is 1. The van der Waals surface area contributed by atoms with Crippen LogP contribution in [0.2, 0.25) is 0 Å². The number of ether oxygens (including phenoxy) is 1. The van der Waals surface area contributed by atoms with Crippen LogP contribution in [-0.4, -0.2) is 16.4 Å². The third kappa shape index (κ3) is 2.76. The fourth-order valence-electron chi connectivity index (χ4n) is 1.45. The molecule has 2 aromatic rings. The molecule has 0 atom stereocenters. The molecule has 0 fully saturated rings. The largest absolute Gasteiger partial charge is 0.491 e. The van der Waals surface area contributed by atoms with Crippen LogP contribution in [0.15, 0.2) is 42.7 Å². The van der Waals surface area contributed by atoms with Crippen LogP contribution in [0.3, 0.4) is 0 Å². The van der Waals surface area contributed by atoms with Crippen molar-refractivity contribution in [2.45, 2.75) is 13.0 Å². The number of rotatable bonds is 5. The minimum atomic E-state index is 0.647. The summed E-state index contributed by atoms with van der Waals surface area (Å²) in [5, 5.41) is 4.11. The summed E-state index contributed by atoms with van der Waals surface area (Å²) >= 11 is 0. The second-order valence-electron chi connectivity index (χ2n) is 3.51. The van der Waals surface area contributed by atoms with Crippen LogP contribution in [0.5, 0.6) is 5.75 Å². The Bertz CT molecular complexity index is 426. The van der Waals surface area contributed by atoms with Crippen LogP contribution in [0.1, 0.15) is 6.42 Å². The van der Waals surface area contributed by atoms with E-state index in [9.17, 15) is 0 Å². The summed E-state index contributed by atoms with van der Waals surface area (Å²) in [4.78, 5) is 0. The average molecular weight is 217 g/mol. The Balaban J connectivity index is 1.74. The number of hydrogen-bond donors (Lipinski definition) is 1. The maximum absolute atomic E-state index is 5.75. The lowest BCUT2D eigenvalue weighted by Gasteiger charge is -2.08. The van der Waals surface area contributed by atoms with Crippen LogP contribution < -0.4 is 10.5 Å². The first-order valence-corrected chi connectivity index (χ1v) is 5.31. The molecule has 1 heterocycles. The number of benzene rings is 1. The monoisotopic (exact) mass is 217 g/mol. The third-order valence-corrected chi connectivity index (χ3v) is 2.27. The van der Waals surface area contributed by atoms with Crippen molar-refractivity contribution < 1.29 is 4.74 Å². The van der Waals surface area contributed by atoms with E-state index in [1.165, 1.54) is 0 Å². The normalized spacial score (nSPS) is 10.2. The van der Waals surface area contributed by atoms with Gasteiger partial charge in [0.25, 0.3) is 0 Å². The number of nitrogen functional groups attached to an aromatic ring is 1. The number of aromatic nitrogens is 2. The molecular formula is C12H15N3O. The quantitative estimate of drug-likeness (QED) is 0.615. The van der Waals surface area contributed by atoms with E-state index >= 15 is 0 Å². The number of aryl methyl sites for hydroxylation is 1. The van der Waals surface area contributed by atoms with Crippen LogP contribution in [0.25, 0.3) is 0 Å². The number of para-hydroxylation sites is 2. The van der Waals surface area contributed by atoms with Crippen LogP contribution in [-0.2, 0) is 6.54 Å². The highest BCUT2D eigenvalue weighted by Crippen LogP contribution is 2.19. The predicted molar refractivity (Wildman–Crippen MR) is 63.2 cm³/mol. The van der Waals surface area contributed by atoms with Gasteiger partial charge in [0.15, 0.2) is 0 Å². The van der Waals surface area contributed by atoms with Gasteiger partial charge in [-0.3, -0.25) is 4.68 Å². The topological polar surface area (TPSA) is 53.1 Å². The van der Waals surface area contributed by atoms with E-state index in [4.69, 9.17) is 10.5 Å².